The fourth-order valence-corrected chi connectivity index (χ4v) is 4.43. The molecule has 150 valence electrons. The number of anilines is 1. The zero-order valence-corrected chi connectivity index (χ0v) is 16.3. The minimum Gasteiger partial charge on any atom is -0.389 e. The van der Waals surface area contributed by atoms with Crippen LogP contribution in [-0.4, -0.2) is 30.7 Å². The molecule has 2 N–H and O–H groups in total. The van der Waals surface area contributed by atoms with Crippen molar-refractivity contribution >= 4 is 24.0 Å². The molecule has 1 saturated carbocycles. The van der Waals surface area contributed by atoms with Gasteiger partial charge in [-0.1, -0.05) is 30.7 Å². The summed E-state index contributed by atoms with van der Waals surface area (Å²) in [7, 11) is 1.68. The van der Waals surface area contributed by atoms with Gasteiger partial charge in [-0.3, -0.25) is 9.69 Å². The van der Waals surface area contributed by atoms with E-state index in [1.807, 2.05) is 0 Å². The number of carbonyl (C=O) groups excluding carboxylic acids is 1. The van der Waals surface area contributed by atoms with Crippen LogP contribution in [0.5, 0.6) is 0 Å². The molecule has 1 amide bonds. The molecular formula is C21H23ClF2N2O2. The van der Waals surface area contributed by atoms with Crippen LogP contribution in [0.1, 0.15) is 36.4 Å². The highest BCUT2D eigenvalue weighted by Gasteiger charge is 2.57. The third-order valence-electron chi connectivity index (χ3n) is 5.82. The fraction of sp³-hybridized carbons (Fsp3) is 0.381. The lowest BCUT2D eigenvalue weighted by molar-refractivity contribution is -0.127. The Balaban J connectivity index is 0.00000225. The number of hydrogen-bond acceptors (Lipinski definition) is 3. The van der Waals surface area contributed by atoms with Gasteiger partial charge >= 0.3 is 0 Å². The van der Waals surface area contributed by atoms with Crippen LogP contribution in [0.3, 0.4) is 0 Å². The number of likely N-dealkylation sites (N-methyl/N-ethyl adjacent to an activating group) is 1. The molecule has 2 aliphatic rings. The molecule has 1 fully saturated rings. The Labute approximate surface area is 169 Å². The van der Waals surface area contributed by atoms with E-state index in [1.165, 1.54) is 29.2 Å². The first-order chi connectivity index (χ1) is 13.0. The minimum atomic E-state index is -1.02. The molecule has 4 rings (SSSR count). The fourth-order valence-electron chi connectivity index (χ4n) is 4.43. The molecule has 7 heteroatoms. The van der Waals surface area contributed by atoms with Crippen LogP contribution in [-0.2, 0) is 10.2 Å². The highest BCUT2D eigenvalue weighted by atomic mass is 35.5. The summed E-state index contributed by atoms with van der Waals surface area (Å²) >= 11 is 0. The highest BCUT2D eigenvalue weighted by molar-refractivity contribution is 6.09. The van der Waals surface area contributed by atoms with Crippen molar-refractivity contribution in [1.82, 2.24) is 5.32 Å². The quantitative estimate of drug-likeness (QED) is 0.796. The van der Waals surface area contributed by atoms with Crippen LogP contribution in [0.25, 0.3) is 0 Å². The van der Waals surface area contributed by atoms with Crippen molar-refractivity contribution in [2.45, 2.75) is 36.8 Å². The second kappa shape index (κ2) is 7.78. The zero-order valence-electron chi connectivity index (χ0n) is 15.5. The Bertz CT molecular complexity index is 888. The van der Waals surface area contributed by atoms with E-state index in [1.54, 1.807) is 25.2 Å². The number of benzene rings is 2. The van der Waals surface area contributed by atoms with E-state index < -0.39 is 29.2 Å². The lowest BCUT2D eigenvalue weighted by Gasteiger charge is -2.39. The number of nitrogens with one attached hydrogen (secondary N) is 1. The van der Waals surface area contributed by atoms with E-state index in [9.17, 15) is 18.7 Å². The summed E-state index contributed by atoms with van der Waals surface area (Å²) < 4.78 is 28.7. The van der Waals surface area contributed by atoms with Crippen molar-refractivity contribution in [2.75, 3.05) is 18.5 Å². The van der Waals surface area contributed by atoms with E-state index in [-0.39, 0.29) is 30.5 Å². The molecule has 1 aliphatic heterocycles. The average Bonchev–Trinajstić information content (AvgIpc) is 2.86. The van der Waals surface area contributed by atoms with Crippen LogP contribution in [0.4, 0.5) is 14.5 Å². The minimum absolute atomic E-state index is 0. The average molecular weight is 409 g/mol. The number of amides is 1. The van der Waals surface area contributed by atoms with Gasteiger partial charge in [0.2, 0.25) is 5.91 Å². The standard InChI is InChI=1S/C21H22F2N2O2.ClH/c1-24-12-17(26)18(13-5-2-6-14(22)11-13)25-19-15(7-3-8-16(19)23)21(20(25)27)9-4-10-21;/h2-3,5-8,11,17-18,24,26H,4,9-10,12H2,1H3;1H/t17-,18+;/m1./s1. The van der Waals surface area contributed by atoms with Crippen molar-refractivity contribution in [3.8, 4) is 0 Å². The molecule has 0 aromatic heterocycles. The Morgan fingerprint density at radius 2 is 1.93 bits per heavy atom. The molecule has 2 aromatic rings. The van der Waals surface area contributed by atoms with Gasteiger partial charge in [0.25, 0.3) is 0 Å². The Morgan fingerprint density at radius 1 is 1.21 bits per heavy atom. The largest absolute Gasteiger partial charge is 0.389 e. The predicted molar refractivity (Wildman–Crippen MR) is 106 cm³/mol. The van der Waals surface area contributed by atoms with Gasteiger partial charge in [-0.25, -0.2) is 8.78 Å². The Hall–Kier alpha value is -2.02. The van der Waals surface area contributed by atoms with Gasteiger partial charge in [-0.05, 0) is 49.2 Å². The maximum atomic E-state index is 14.9. The van der Waals surface area contributed by atoms with Crippen molar-refractivity contribution in [3.05, 3.63) is 65.2 Å². The van der Waals surface area contributed by atoms with E-state index in [2.05, 4.69) is 5.32 Å². The van der Waals surface area contributed by atoms with Crippen molar-refractivity contribution < 1.29 is 18.7 Å². The number of hydrogen-bond donors (Lipinski definition) is 2. The van der Waals surface area contributed by atoms with Crippen LogP contribution >= 0.6 is 12.4 Å². The van der Waals surface area contributed by atoms with E-state index in [0.717, 1.165) is 6.42 Å². The van der Waals surface area contributed by atoms with Gasteiger partial charge in [-0.15, -0.1) is 12.4 Å². The topological polar surface area (TPSA) is 52.6 Å². The molecule has 0 bridgehead atoms. The number of para-hydroxylation sites is 1. The zero-order chi connectivity index (χ0) is 19.2. The summed E-state index contributed by atoms with van der Waals surface area (Å²) in [4.78, 5) is 14.8. The molecule has 0 radical (unpaired) electrons. The third kappa shape index (κ3) is 3.00. The van der Waals surface area contributed by atoms with Crippen LogP contribution in [0, 0.1) is 11.6 Å². The first kappa shape index (κ1) is 20.7. The number of halogens is 3. The van der Waals surface area contributed by atoms with Gasteiger partial charge in [0.05, 0.1) is 23.2 Å². The molecule has 28 heavy (non-hydrogen) atoms. The van der Waals surface area contributed by atoms with Crippen molar-refractivity contribution in [1.29, 1.82) is 0 Å². The number of fused-ring (bicyclic) bond motifs is 2. The molecule has 0 saturated heterocycles. The van der Waals surface area contributed by atoms with E-state index in [4.69, 9.17) is 0 Å². The smallest absolute Gasteiger partial charge is 0.238 e. The molecule has 2 atom stereocenters. The van der Waals surface area contributed by atoms with Gasteiger partial charge in [0, 0.05) is 6.54 Å². The number of aliphatic hydroxyl groups is 1. The molecular weight excluding hydrogens is 386 g/mol. The van der Waals surface area contributed by atoms with Gasteiger partial charge in [-0.2, -0.15) is 0 Å². The highest BCUT2D eigenvalue weighted by Crippen LogP contribution is 2.56. The van der Waals surface area contributed by atoms with Gasteiger partial charge in [0.1, 0.15) is 11.6 Å². The predicted octanol–water partition coefficient (Wildman–Crippen LogP) is 3.48. The van der Waals surface area contributed by atoms with Crippen LogP contribution < -0.4 is 10.2 Å². The SMILES string of the molecule is CNC[C@@H](O)[C@H](c1cccc(F)c1)N1C(=O)C2(CCC2)c2cccc(F)c21.Cl. The first-order valence-electron chi connectivity index (χ1n) is 9.20. The summed E-state index contributed by atoms with van der Waals surface area (Å²) in [5, 5.41) is 13.7. The molecule has 2 aromatic carbocycles. The summed E-state index contributed by atoms with van der Waals surface area (Å²) in [6.07, 6.45) is 1.20. The molecule has 1 heterocycles. The summed E-state index contributed by atoms with van der Waals surface area (Å²) in [5.41, 5.74) is 0.614. The first-order valence-corrected chi connectivity index (χ1v) is 9.20. The second-order valence-corrected chi connectivity index (χ2v) is 7.37. The lowest BCUT2D eigenvalue weighted by Crippen LogP contribution is -2.49. The second-order valence-electron chi connectivity index (χ2n) is 7.37. The molecule has 4 nitrogen and oxygen atoms in total. The van der Waals surface area contributed by atoms with Crippen molar-refractivity contribution in [3.63, 3.8) is 0 Å². The molecule has 1 aliphatic carbocycles. The number of nitrogens with zero attached hydrogens (tertiary/aromatic N) is 1. The number of aliphatic hydroxyl groups excluding tert-OH is 1. The monoisotopic (exact) mass is 408 g/mol. The summed E-state index contributed by atoms with van der Waals surface area (Å²) in [6, 6.07) is 9.65. The number of carbonyl (C=O) groups is 1. The lowest BCUT2D eigenvalue weighted by atomic mass is 9.65. The third-order valence-corrected chi connectivity index (χ3v) is 5.82. The summed E-state index contributed by atoms with van der Waals surface area (Å²) in [6.45, 7) is 0.182. The van der Waals surface area contributed by atoms with E-state index >= 15 is 0 Å². The van der Waals surface area contributed by atoms with Crippen LogP contribution in [0.2, 0.25) is 0 Å². The Kier molecular flexibility index (Phi) is 5.75. The van der Waals surface area contributed by atoms with Gasteiger partial charge < -0.3 is 10.4 Å². The normalized spacial score (nSPS) is 19.0. The van der Waals surface area contributed by atoms with E-state index in [0.29, 0.717) is 24.0 Å². The maximum absolute atomic E-state index is 14.9. The summed E-state index contributed by atoms with van der Waals surface area (Å²) in [5.74, 6) is -1.17. The maximum Gasteiger partial charge on any atom is 0.238 e. The van der Waals surface area contributed by atoms with Crippen molar-refractivity contribution in [2.24, 2.45) is 0 Å². The molecule has 0 unspecified atom stereocenters. The van der Waals surface area contributed by atoms with Crippen LogP contribution in [0.15, 0.2) is 42.5 Å². The number of rotatable bonds is 5. The Morgan fingerprint density at radius 3 is 2.54 bits per heavy atom. The van der Waals surface area contributed by atoms with Gasteiger partial charge in [0.15, 0.2) is 0 Å². The molecule has 1 spiro atoms.